The standard InChI is InChI=1S/C12H15N5O3/c1-8-6-9(14-20-8)10-4-3-5-16(10)12-11(17(18)19)13-7-15(12)2/h6-7,10H,3-5H2,1-2H3/t10-/m0/s1. The smallest absolute Gasteiger partial charge is 0.361 e. The summed E-state index contributed by atoms with van der Waals surface area (Å²) in [4.78, 5) is 16.5. The first-order chi connectivity index (χ1) is 9.58. The first-order valence-corrected chi connectivity index (χ1v) is 6.43. The fourth-order valence-corrected chi connectivity index (χ4v) is 2.74. The molecule has 2 aromatic rings. The first kappa shape index (κ1) is 12.6. The molecular weight excluding hydrogens is 262 g/mol. The van der Waals surface area contributed by atoms with E-state index in [1.807, 2.05) is 17.9 Å². The van der Waals surface area contributed by atoms with E-state index in [9.17, 15) is 10.1 Å². The molecule has 0 aromatic carbocycles. The van der Waals surface area contributed by atoms with Gasteiger partial charge in [-0.3, -0.25) is 4.57 Å². The SMILES string of the molecule is Cc1cc([C@@H]2CCCN2c2c([N+](=O)[O-])ncn2C)no1. The van der Waals surface area contributed by atoms with Gasteiger partial charge in [0.25, 0.3) is 0 Å². The van der Waals surface area contributed by atoms with Crippen LogP contribution in [-0.4, -0.2) is 26.2 Å². The van der Waals surface area contributed by atoms with Crippen LogP contribution in [0.5, 0.6) is 0 Å². The zero-order valence-electron chi connectivity index (χ0n) is 11.3. The molecule has 2 aromatic heterocycles. The molecule has 0 unspecified atom stereocenters. The minimum absolute atomic E-state index is 0.00144. The van der Waals surface area contributed by atoms with Gasteiger partial charge in [0.15, 0.2) is 0 Å². The number of rotatable bonds is 3. The molecule has 0 bridgehead atoms. The van der Waals surface area contributed by atoms with Crippen molar-refractivity contribution in [2.75, 3.05) is 11.4 Å². The van der Waals surface area contributed by atoms with E-state index in [4.69, 9.17) is 4.52 Å². The van der Waals surface area contributed by atoms with Gasteiger partial charge in [-0.1, -0.05) is 5.16 Å². The van der Waals surface area contributed by atoms with Crippen LogP contribution in [0, 0.1) is 17.0 Å². The second-order valence-electron chi connectivity index (χ2n) is 4.97. The monoisotopic (exact) mass is 277 g/mol. The summed E-state index contributed by atoms with van der Waals surface area (Å²) < 4.78 is 6.80. The van der Waals surface area contributed by atoms with E-state index in [2.05, 4.69) is 10.1 Å². The third kappa shape index (κ3) is 1.93. The van der Waals surface area contributed by atoms with E-state index < -0.39 is 4.92 Å². The number of aryl methyl sites for hydroxylation is 2. The Bertz CT molecular complexity index is 647. The van der Waals surface area contributed by atoms with Crippen LogP contribution < -0.4 is 4.90 Å². The van der Waals surface area contributed by atoms with Crippen molar-refractivity contribution in [2.24, 2.45) is 7.05 Å². The third-order valence-electron chi connectivity index (χ3n) is 3.57. The summed E-state index contributed by atoms with van der Waals surface area (Å²) in [5.74, 6) is 1.16. The lowest BCUT2D eigenvalue weighted by molar-refractivity contribution is -0.388. The third-order valence-corrected chi connectivity index (χ3v) is 3.57. The molecule has 1 aliphatic heterocycles. The predicted octanol–water partition coefficient (Wildman–Crippen LogP) is 1.97. The zero-order chi connectivity index (χ0) is 14.3. The van der Waals surface area contributed by atoms with E-state index in [-0.39, 0.29) is 11.9 Å². The highest BCUT2D eigenvalue weighted by molar-refractivity contribution is 5.56. The second kappa shape index (κ2) is 4.62. The summed E-state index contributed by atoms with van der Waals surface area (Å²) in [6, 6.07) is 1.88. The van der Waals surface area contributed by atoms with E-state index in [0.717, 1.165) is 30.8 Å². The number of aromatic nitrogens is 3. The Hall–Kier alpha value is -2.38. The van der Waals surface area contributed by atoms with E-state index in [1.165, 1.54) is 6.33 Å². The summed E-state index contributed by atoms with van der Waals surface area (Å²) in [6.07, 6.45) is 3.32. The molecule has 0 amide bonds. The number of hydrogen-bond acceptors (Lipinski definition) is 6. The molecule has 0 saturated carbocycles. The molecule has 3 rings (SSSR count). The lowest BCUT2D eigenvalue weighted by Gasteiger charge is -2.23. The average Bonchev–Trinajstić information content (AvgIpc) is 3.07. The number of anilines is 1. The van der Waals surface area contributed by atoms with Crippen molar-refractivity contribution in [3.05, 3.63) is 34.0 Å². The largest absolute Gasteiger partial charge is 0.406 e. The summed E-state index contributed by atoms with van der Waals surface area (Å²) in [5, 5.41) is 15.2. The molecule has 0 radical (unpaired) electrons. The van der Waals surface area contributed by atoms with Gasteiger partial charge in [0.1, 0.15) is 11.5 Å². The molecule has 0 N–H and O–H groups in total. The Morgan fingerprint density at radius 1 is 1.55 bits per heavy atom. The van der Waals surface area contributed by atoms with Crippen LogP contribution in [0.4, 0.5) is 11.6 Å². The Kier molecular flexibility index (Phi) is 2.92. The highest BCUT2D eigenvalue weighted by Gasteiger charge is 2.35. The predicted molar refractivity (Wildman–Crippen MR) is 70.4 cm³/mol. The highest BCUT2D eigenvalue weighted by Crippen LogP contribution is 2.39. The van der Waals surface area contributed by atoms with E-state index in [1.54, 1.807) is 11.6 Å². The van der Waals surface area contributed by atoms with Crippen LogP contribution >= 0.6 is 0 Å². The molecule has 1 saturated heterocycles. The van der Waals surface area contributed by atoms with Crippen LogP contribution in [0.3, 0.4) is 0 Å². The fourth-order valence-electron chi connectivity index (χ4n) is 2.74. The lowest BCUT2D eigenvalue weighted by atomic mass is 10.1. The maximum Gasteiger partial charge on any atom is 0.406 e. The van der Waals surface area contributed by atoms with Crippen molar-refractivity contribution in [1.29, 1.82) is 0 Å². The molecule has 0 spiro atoms. The summed E-state index contributed by atoms with van der Waals surface area (Å²) in [7, 11) is 1.76. The van der Waals surface area contributed by atoms with Gasteiger partial charge >= 0.3 is 5.82 Å². The lowest BCUT2D eigenvalue weighted by Crippen LogP contribution is -2.25. The maximum absolute atomic E-state index is 11.1. The summed E-state index contributed by atoms with van der Waals surface area (Å²) in [6.45, 7) is 2.58. The minimum Gasteiger partial charge on any atom is -0.361 e. The van der Waals surface area contributed by atoms with Crippen LogP contribution in [0.1, 0.15) is 30.3 Å². The Labute approximate surface area is 115 Å². The van der Waals surface area contributed by atoms with Crippen molar-refractivity contribution in [1.82, 2.24) is 14.7 Å². The van der Waals surface area contributed by atoms with Crippen molar-refractivity contribution in [3.8, 4) is 0 Å². The molecule has 20 heavy (non-hydrogen) atoms. The van der Waals surface area contributed by atoms with Gasteiger partial charge in [0.2, 0.25) is 12.1 Å². The van der Waals surface area contributed by atoms with Gasteiger partial charge in [-0.25, -0.2) is 0 Å². The van der Waals surface area contributed by atoms with Gasteiger partial charge < -0.3 is 19.5 Å². The molecular formula is C12H15N5O3. The van der Waals surface area contributed by atoms with Gasteiger partial charge in [0, 0.05) is 19.7 Å². The first-order valence-electron chi connectivity index (χ1n) is 6.43. The molecule has 1 aliphatic rings. The molecule has 3 heterocycles. The quantitative estimate of drug-likeness (QED) is 0.629. The Balaban J connectivity index is 2.01. The van der Waals surface area contributed by atoms with Crippen molar-refractivity contribution >= 4 is 11.6 Å². The summed E-state index contributed by atoms with van der Waals surface area (Å²) >= 11 is 0. The van der Waals surface area contributed by atoms with Crippen LogP contribution in [0.2, 0.25) is 0 Å². The highest BCUT2D eigenvalue weighted by atomic mass is 16.6. The molecule has 1 fully saturated rings. The fraction of sp³-hybridized carbons (Fsp3) is 0.500. The normalized spacial score (nSPS) is 18.7. The topological polar surface area (TPSA) is 90.2 Å². The number of nitro groups is 1. The van der Waals surface area contributed by atoms with Crippen molar-refractivity contribution in [3.63, 3.8) is 0 Å². The summed E-state index contributed by atoms with van der Waals surface area (Å²) in [5.41, 5.74) is 0.815. The molecule has 8 heteroatoms. The number of nitrogens with zero attached hydrogens (tertiary/aromatic N) is 5. The van der Waals surface area contributed by atoms with Crippen molar-refractivity contribution < 1.29 is 9.45 Å². The van der Waals surface area contributed by atoms with E-state index >= 15 is 0 Å². The Morgan fingerprint density at radius 3 is 3.00 bits per heavy atom. The van der Waals surface area contributed by atoms with Gasteiger partial charge in [0.05, 0.1) is 6.04 Å². The van der Waals surface area contributed by atoms with Gasteiger partial charge in [-0.15, -0.1) is 0 Å². The van der Waals surface area contributed by atoms with Crippen LogP contribution in [0.25, 0.3) is 0 Å². The van der Waals surface area contributed by atoms with Crippen LogP contribution in [-0.2, 0) is 7.05 Å². The van der Waals surface area contributed by atoms with Crippen LogP contribution in [0.15, 0.2) is 16.9 Å². The van der Waals surface area contributed by atoms with Crippen molar-refractivity contribution in [2.45, 2.75) is 25.8 Å². The van der Waals surface area contributed by atoms with Gasteiger partial charge in [-0.2, -0.15) is 0 Å². The molecule has 8 nitrogen and oxygen atoms in total. The van der Waals surface area contributed by atoms with E-state index in [0.29, 0.717) is 5.82 Å². The average molecular weight is 277 g/mol. The molecule has 1 atom stereocenters. The zero-order valence-corrected chi connectivity index (χ0v) is 11.3. The molecule has 106 valence electrons. The second-order valence-corrected chi connectivity index (χ2v) is 4.97. The maximum atomic E-state index is 11.1. The Morgan fingerprint density at radius 2 is 2.35 bits per heavy atom. The van der Waals surface area contributed by atoms with Gasteiger partial charge in [-0.05, 0) is 29.7 Å². The minimum atomic E-state index is -0.446. The molecule has 0 aliphatic carbocycles. The number of imidazole rings is 1. The number of hydrogen-bond donors (Lipinski definition) is 0.